The summed E-state index contributed by atoms with van der Waals surface area (Å²) < 4.78 is 31.0. The number of benzene rings is 7. The van der Waals surface area contributed by atoms with Crippen LogP contribution in [0.3, 0.4) is 0 Å². The van der Waals surface area contributed by atoms with Crippen LogP contribution in [0, 0.1) is 29.8 Å². The van der Waals surface area contributed by atoms with Gasteiger partial charge in [-0.05, 0) is 87.1 Å². The van der Waals surface area contributed by atoms with Crippen molar-refractivity contribution in [1.29, 1.82) is 0 Å². The fourth-order valence-electron chi connectivity index (χ4n) is 8.57. The van der Waals surface area contributed by atoms with E-state index in [1.165, 1.54) is 0 Å². The molecule has 0 aliphatic heterocycles. The average molecular weight is 1050 g/mol. The second-order valence-corrected chi connectivity index (χ2v) is 16.3. The van der Waals surface area contributed by atoms with Crippen LogP contribution in [-0.4, -0.2) is 15.0 Å². The van der Waals surface area contributed by atoms with Gasteiger partial charge in [-0.3, -0.25) is 8.78 Å². The van der Waals surface area contributed by atoms with Crippen molar-refractivity contribution in [3.8, 4) is 78.3 Å². The van der Waals surface area contributed by atoms with Gasteiger partial charge in [-0.2, -0.15) is 0 Å². The molecule has 6 heteroatoms. The number of nitrogens with zero attached hydrogens (tertiary/aromatic N) is 3. The Morgan fingerprint density at radius 1 is 0.343 bits per heavy atom. The van der Waals surface area contributed by atoms with Crippen molar-refractivity contribution < 1.29 is 28.9 Å². The summed E-state index contributed by atoms with van der Waals surface area (Å²) >= 11 is 0. The molecule has 0 saturated heterocycles. The van der Waals surface area contributed by atoms with Crippen LogP contribution in [0.2, 0.25) is 0 Å². The van der Waals surface area contributed by atoms with Crippen molar-refractivity contribution in [2.75, 3.05) is 0 Å². The van der Waals surface area contributed by atoms with E-state index in [9.17, 15) is 0 Å². The van der Waals surface area contributed by atoms with Crippen LogP contribution in [0.15, 0.2) is 207 Å². The number of halogens is 2. The Hall–Kier alpha value is -7.50. The van der Waals surface area contributed by atoms with E-state index in [1.807, 2.05) is 66.9 Å². The first-order chi connectivity index (χ1) is 32.5. The zero-order valence-corrected chi connectivity index (χ0v) is 38.8. The van der Waals surface area contributed by atoms with Crippen molar-refractivity contribution in [1.82, 2.24) is 15.0 Å². The van der Waals surface area contributed by atoms with Crippen LogP contribution < -0.4 is 0 Å². The van der Waals surface area contributed by atoms with Gasteiger partial charge in [0.25, 0.3) is 0 Å². The molecule has 0 radical (unpaired) electrons. The third kappa shape index (κ3) is 10.3. The molecule has 0 saturated carbocycles. The van der Waals surface area contributed by atoms with Crippen molar-refractivity contribution in [3.05, 3.63) is 259 Å². The van der Waals surface area contributed by atoms with Crippen LogP contribution in [0.5, 0.6) is 0 Å². The number of hydrogen-bond donors (Lipinski definition) is 0. The minimum atomic E-state index is -0.343. The van der Waals surface area contributed by atoms with E-state index in [-0.39, 0.29) is 31.7 Å². The third-order valence-corrected chi connectivity index (χ3v) is 11.9. The van der Waals surface area contributed by atoms with Crippen molar-refractivity contribution in [2.45, 2.75) is 25.7 Å². The molecule has 3 heterocycles. The Bertz CT molecular complexity index is 3140. The van der Waals surface area contributed by atoms with Gasteiger partial charge in [-0.15, -0.1) is 71.3 Å². The van der Waals surface area contributed by atoms with Crippen LogP contribution in [0.4, 0.5) is 8.78 Å². The molecule has 0 spiro atoms. The summed E-state index contributed by atoms with van der Waals surface area (Å²) in [7, 11) is 0. The van der Waals surface area contributed by atoms with E-state index in [0.29, 0.717) is 48.2 Å². The standard InChI is InChI=1S/C61H42F2N3.Ir/c62-57-39-42(23-30-54(57)60-17-7-10-34-65-60)19-21-44-36-45(22-20-43-24-31-55(58(63)40-43)61-18-8-11-35-66-61)38-50(37-44)51-14-4-5-15-52(51)53-32-29-49(59-16-6-9-33-64-59)41-56(53)48-27-25-47(26-28-48)46-12-2-1-3-13-46;/h1-18,23-28,32-41H,19-22H2;/q-3;+3. The molecule has 0 unspecified atom stereocenters. The Morgan fingerprint density at radius 2 is 0.821 bits per heavy atom. The molecule has 0 bridgehead atoms. The van der Waals surface area contributed by atoms with E-state index >= 15 is 8.78 Å². The fourth-order valence-corrected chi connectivity index (χ4v) is 8.57. The molecule has 0 aliphatic carbocycles. The number of pyridine rings is 3. The number of aromatic nitrogens is 3. The van der Waals surface area contributed by atoms with Crippen molar-refractivity contribution in [2.24, 2.45) is 0 Å². The van der Waals surface area contributed by atoms with E-state index in [1.54, 1.807) is 36.7 Å². The summed E-state index contributed by atoms with van der Waals surface area (Å²) in [5.74, 6) is -0.687. The zero-order valence-electron chi connectivity index (χ0n) is 36.4. The van der Waals surface area contributed by atoms with E-state index in [4.69, 9.17) is 0 Å². The number of rotatable bonds is 13. The summed E-state index contributed by atoms with van der Waals surface area (Å²) in [6.07, 6.45) is 7.70. The van der Waals surface area contributed by atoms with E-state index in [2.05, 4.69) is 136 Å². The van der Waals surface area contributed by atoms with Crippen LogP contribution >= 0.6 is 0 Å². The normalized spacial score (nSPS) is 11.0. The van der Waals surface area contributed by atoms with Crippen molar-refractivity contribution >= 4 is 0 Å². The molecular weight excluding hydrogens is 1000 g/mol. The van der Waals surface area contributed by atoms with Crippen molar-refractivity contribution in [3.63, 3.8) is 0 Å². The largest absolute Gasteiger partial charge is 3.00 e. The topological polar surface area (TPSA) is 38.7 Å². The Kier molecular flexibility index (Phi) is 13.9. The molecule has 0 N–H and O–H groups in total. The van der Waals surface area contributed by atoms with Gasteiger partial charge in [0.1, 0.15) is 0 Å². The maximum Gasteiger partial charge on any atom is 3.00 e. The molecule has 67 heavy (non-hydrogen) atoms. The first kappa shape index (κ1) is 44.7. The molecule has 0 amide bonds. The Balaban J connectivity index is 0.00000562. The maximum absolute atomic E-state index is 15.5. The summed E-state index contributed by atoms with van der Waals surface area (Å²) in [5.41, 5.74) is 16.2. The van der Waals surface area contributed by atoms with Gasteiger partial charge >= 0.3 is 20.1 Å². The van der Waals surface area contributed by atoms with Gasteiger partial charge in [-0.25, -0.2) is 0 Å². The predicted molar refractivity (Wildman–Crippen MR) is 262 cm³/mol. The Labute approximate surface area is 404 Å². The first-order valence-electron chi connectivity index (χ1n) is 22.1. The van der Waals surface area contributed by atoms with Gasteiger partial charge in [0.05, 0.1) is 0 Å². The van der Waals surface area contributed by atoms with Crippen LogP contribution in [0.1, 0.15) is 22.3 Å². The first-order valence-corrected chi connectivity index (χ1v) is 22.1. The molecular formula is C61H42F2IrN3. The minimum Gasteiger partial charge on any atom is -0.305 e. The predicted octanol–water partition coefficient (Wildman–Crippen LogP) is 14.8. The smallest absolute Gasteiger partial charge is 0.305 e. The molecule has 324 valence electrons. The third-order valence-electron chi connectivity index (χ3n) is 11.9. The minimum absolute atomic E-state index is 0. The summed E-state index contributed by atoms with van der Waals surface area (Å²) in [5, 5.41) is 0. The zero-order chi connectivity index (χ0) is 44.7. The van der Waals surface area contributed by atoms with E-state index in [0.717, 1.165) is 78.0 Å². The van der Waals surface area contributed by atoms with Gasteiger partial charge in [-0.1, -0.05) is 174 Å². The SMILES string of the molecule is Fc1cc(CCc2cc(CCc3c[c-]c(-c4ccccn4)c(F)c3)cc(-c3ccccc3-c3c[c-]c(-c4ccccn4)cc3-c3ccc(-c4ccccc4)cc3)c2)c[c-]c1-c1ccccn1.[Ir+3]. The molecule has 0 fully saturated rings. The quantitative estimate of drug-likeness (QED) is 0.108. The molecule has 3 aromatic heterocycles. The molecule has 10 rings (SSSR count). The summed E-state index contributed by atoms with van der Waals surface area (Å²) in [6.45, 7) is 0. The molecule has 7 aromatic carbocycles. The second-order valence-electron chi connectivity index (χ2n) is 16.3. The average Bonchev–Trinajstić information content (AvgIpc) is 3.38. The Morgan fingerprint density at radius 3 is 1.36 bits per heavy atom. The maximum atomic E-state index is 15.5. The van der Waals surface area contributed by atoms with Crippen LogP contribution in [-0.2, 0) is 45.8 Å². The van der Waals surface area contributed by atoms with Gasteiger partial charge in [0.15, 0.2) is 0 Å². The number of aryl methyl sites for hydroxylation is 4. The van der Waals surface area contributed by atoms with Gasteiger partial charge in [0.2, 0.25) is 0 Å². The molecule has 0 aliphatic rings. The van der Waals surface area contributed by atoms with Crippen LogP contribution in [0.25, 0.3) is 78.3 Å². The molecule has 10 aromatic rings. The summed E-state index contributed by atoms with van der Waals surface area (Å²) in [4.78, 5) is 13.3. The van der Waals surface area contributed by atoms with Gasteiger partial charge in [0, 0.05) is 30.2 Å². The molecule has 3 nitrogen and oxygen atoms in total. The summed E-state index contributed by atoms with van der Waals surface area (Å²) in [6, 6.07) is 72.3. The molecule has 0 atom stereocenters. The number of hydrogen-bond acceptors (Lipinski definition) is 3. The van der Waals surface area contributed by atoms with Gasteiger partial charge < -0.3 is 15.0 Å². The fraction of sp³-hybridized carbons (Fsp3) is 0.0656. The van der Waals surface area contributed by atoms with E-state index < -0.39 is 0 Å². The second kappa shape index (κ2) is 20.8. The monoisotopic (exact) mass is 1050 g/mol.